The molecule has 1 aromatic rings. The molecule has 4 nitrogen and oxygen atoms in total. The van der Waals surface area contributed by atoms with Crippen molar-refractivity contribution in [3.8, 4) is 5.75 Å². The third-order valence-corrected chi connectivity index (χ3v) is 2.09. The molecule has 0 unspecified atom stereocenters. The highest BCUT2D eigenvalue weighted by Crippen LogP contribution is 2.29. The largest absolute Gasteiger partial charge is 0.460 e. The van der Waals surface area contributed by atoms with Crippen LogP contribution >= 0.6 is 0 Å². The van der Waals surface area contributed by atoms with Crippen LogP contribution in [0.5, 0.6) is 5.75 Å². The Hall–Kier alpha value is -2.19. The minimum Gasteiger partial charge on any atom is -0.460 e. The Kier molecular flexibility index (Phi) is 5.10. The molecule has 0 aliphatic rings. The Labute approximate surface area is 121 Å². The van der Waals surface area contributed by atoms with Crippen LogP contribution in [-0.2, 0) is 14.3 Å². The molecule has 22 heavy (non-hydrogen) atoms. The standard InChI is InChI=1S/C13H11F5O4/c1-13(2,3)22-6(20)4-5(19)21-12-10(17)8(15)7(14)9(16)11(12)18/h4H2,1-3H3. The molecular formula is C13H11F5O4. The van der Waals surface area contributed by atoms with Crippen LogP contribution in [0, 0.1) is 29.1 Å². The average Bonchev–Trinajstić information content (AvgIpc) is 2.37. The van der Waals surface area contributed by atoms with Gasteiger partial charge in [0.15, 0.2) is 0 Å². The first-order valence-electron chi connectivity index (χ1n) is 5.88. The van der Waals surface area contributed by atoms with Gasteiger partial charge in [-0.05, 0) is 20.8 Å². The van der Waals surface area contributed by atoms with Gasteiger partial charge in [0, 0.05) is 0 Å². The van der Waals surface area contributed by atoms with E-state index in [9.17, 15) is 31.5 Å². The summed E-state index contributed by atoms with van der Waals surface area (Å²) in [6.45, 7) is 4.50. The molecule has 0 bridgehead atoms. The van der Waals surface area contributed by atoms with Gasteiger partial charge >= 0.3 is 11.9 Å². The van der Waals surface area contributed by atoms with Crippen molar-refractivity contribution in [3.05, 3.63) is 29.1 Å². The van der Waals surface area contributed by atoms with E-state index in [2.05, 4.69) is 4.74 Å². The summed E-state index contributed by atoms with van der Waals surface area (Å²) in [6, 6.07) is 0. The highest BCUT2D eigenvalue weighted by Gasteiger charge is 2.29. The highest BCUT2D eigenvalue weighted by atomic mass is 19.2. The SMILES string of the molecule is CC(C)(C)OC(=O)CC(=O)Oc1c(F)c(F)c(F)c(F)c1F. The zero-order valence-electron chi connectivity index (χ0n) is 11.7. The van der Waals surface area contributed by atoms with Crippen molar-refractivity contribution < 1.29 is 41.0 Å². The number of rotatable bonds is 3. The minimum absolute atomic E-state index is 0.929. The molecule has 0 aromatic heterocycles. The Morgan fingerprint density at radius 2 is 1.23 bits per heavy atom. The monoisotopic (exact) mass is 326 g/mol. The predicted octanol–water partition coefficient (Wildman–Crippen LogP) is 3.02. The second kappa shape index (κ2) is 6.29. The molecule has 0 amide bonds. The van der Waals surface area contributed by atoms with Gasteiger partial charge in [-0.25, -0.2) is 13.2 Å². The van der Waals surface area contributed by atoms with Crippen LogP contribution in [-0.4, -0.2) is 17.5 Å². The summed E-state index contributed by atoms with van der Waals surface area (Å²) < 4.78 is 73.9. The van der Waals surface area contributed by atoms with Crippen molar-refractivity contribution in [1.82, 2.24) is 0 Å². The van der Waals surface area contributed by atoms with Crippen molar-refractivity contribution in [3.63, 3.8) is 0 Å². The molecule has 0 aliphatic heterocycles. The summed E-state index contributed by atoms with van der Waals surface area (Å²) in [6.07, 6.45) is -1.06. The number of esters is 2. The van der Waals surface area contributed by atoms with E-state index in [0.29, 0.717) is 0 Å². The van der Waals surface area contributed by atoms with Crippen molar-refractivity contribution in [1.29, 1.82) is 0 Å². The normalized spacial score (nSPS) is 11.3. The number of ether oxygens (including phenoxy) is 2. The lowest BCUT2D eigenvalue weighted by Gasteiger charge is -2.19. The molecule has 0 atom stereocenters. The van der Waals surface area contributed by atoms with E-state index in [0.717, 1.165) is 0 Å². The second-order valence-corrected chi connectivity index (χ2v) is 5.14. The van der Waals surface area contributed by atoms with Gasteiger partial charge in [0.2, 0.25) is 34.8 Å². The molecule has 0 spiro atoms. The molecule has 0 heterocycles. The van der Waals surface area contributed by atoms with Gasteiger partial charge in [-0.15, -0.1) is 0 Å². The highest BCUT2D eigenvalue weighted by molar-refractivity contribution is 5.92. The number of carbonyl (C=O) groups excluding carboxylic acids is 2. The number of halogens is 5. The second-order valence-electron chi connectivity index (χ2n) is 5.14. The summed E-state index contributed by atoms with van der Waals surface area (Å²) in [4.78, 5) is 22.6. The molecule has 1 aromatic carbocycles. The van der Waals surface area contributed by atoms with Crippen molar-refractivity contribution in [2.24, 2.45) is 0 Å². The predicted molar refractivity (Wildman–Crippen MR) is 62.3 cm³/mol. The zero-order valence-corrected chi connectivity index (χ0v) is 11.7. The average molecular weight is 326 g/mol. The molecule has 0 aliphatic carbocycles. The van der Waals surface area contributed by atoms with Crippen LogP contribution in [0.4, 0.5) is 22.0 Å². The van der Waals surface area contributed by atoms with Crippen molar-refractivity contribution in [2.45, 2.75) is 32.8 Å². The summed E-state index contributed by atoms with van der Waals surface area (Å²) in [5.74, 6) is -15.9. The number of hydrogen-bond donors (Lipinski definition) is 0. The fourth-order valence-electron chi connectivity index (χ4n) is 1.32. The van der Waals surface area contributed by atoms with E-state index < -0.39 is 58.8 Å². The Morgan fingerprint density at radius 3 is 1.64 bits per heavy atom. The van der Waals surface area contributed by atoms with Gasteiger partial charge in [-0.3, -0.25) is 9.59 Å². The maximum atomic E-state index is 13.3. The first kappa shape index (κ1) is 17.9. The summed E-state index contributed by atoms with van der Waals surface area (Å²) >= 11 is 0. The molecule has 0 saturated heterocycles. The molecular weight excluding hydrogens is 315 g/mol. The maximum absolute atomic E-state index is 13.3. The summed E-state index contributed by atoms with van der Waals surface area (Å²) in [5, 5.41) is 0. The quantitative estimate of drug-likeness (QED) is 0.214. The third-order valence-electron chi connectivity index (χ3n) is 2.09. The fraction of sp³-hybridized carbons (Fsp3) is 0.385. The van der Waals surface area contributed by atoms with Gasteiger partial charge in [0.05, 0.1) is 0 Å². The van der Waals surface area contributed by atoms with Crippen molar-refractivity contribution >= 4 is 11.9 Å². The van der Waals surface area contributed by atoms with Crippen LogP contribution in [0.3, 0.4) is 0 Å². The number of carbonyl (C=O) groups is 2. The van der Waals surface area contributed by atoms with E-state index in [-0.39, 0.29) is 0 Å². The Bertz CT molecular complexity index is 593. The van der Waals surface area contributed by atoms with Crippen LogP contribution in [0.25, 0.3) is 0 Å². The van der Waals surface area contributed by atoms with E-state index >= 15 is 0 Å². The van der Waals surface area contributed by atoms with E-state index in [4.69, 9.17) is 4.74 Å². The van der Waals surface area contributed by atoms with Crippen LogP contribution in [0.2, 0.25) is 0 Å². The molecule has 1 rings (SSSR count). The summed E-state index contributed by atoms with van der Waals surface area (Å²) in [7, 11) is 0. The Balaban J connectivity index is 2.92. The zero-order chi connectivity index (χ0) is 17.2. The first-order chi connectivity index (χ1) is 9.94. The molecule has 9 heteroatoms. The lowest BCUT2D eigenvalue weighted by atomic mass is 10.2. The van der Waals surface area contributed by atoms with Gasteiger partial charge in [0.1, 0.15) is 12.0 Å². The lowest BCUT2D eigenvalue weighted by Crippen LogP contribution is -2.26. The van der Waals surface area contributed by atoms with Crippen LogP contribution < -0.4 is 4.74 Å². The van der Waals surface area contributed by atoms with Gasteiger partial charge in [-0.2, -0.15) is 8.78 Å². The third kappa shape index (κ3) is 4.15. The van der Waals surface area contributed by atoms with E-state index in [1.165, 1.54) is 20.8 Å². The molecule has 0 radical (unpaired) electrons. The van der Waals surface area contributed by atoms with Crippen LogP contribution in [0.1, 0.15) is 27.2 Å². The van der Waals surface area contributed by atoms with Crippen LogP contribution in [0.15, 0.2) is 0 Å². The molecule has 0 fully saturated rings. The maximum Gasteiger partial charge on any atom is 0.322 e. The first-order valence-corrected chi connectivity index (χ1v) is 5.88. The van der Waals surface area contributed by atoms with Crippen molar-refractivity contribution in [2.75, 3.05) is 0 Å². The Morgan fingerprint density at radius 1 is 0.818 bits per heavy atom. The molecule has 122 valence electrons. The fourth-order valence-corrected chi connectivity index (χ4v) is 1.32. The van der Waals surface area contributed by atoms with Gasteiger partial charge in [-0.1, -0.05) is 0 Å². The molecule has 0 saturated carbocycles. The van der Waals surface area contributed by atoms with E-state index in [1.807, 2.05) is 0 Å². The summed E-state index contributed by atoms with van der Waals surface area (Å²) in [5.41, 5.74) is -0.929. The number of hydrogen-bond acceptors (Lipinski definition) is 4. The molecule has 0 N–H and O–H groups in total. The smallest absolute Gasteiger partial charge is 0.322 e. The van der Waals surface area contributed by atoms with Gasteiger partial charge < -0.3 is 9.47 Å². The minimum atomic E-state index is -2.39. The van der Waals surface area contributed by atoms with Gasteiger partial charge in [0.25, 0.3) is 0 Å². The number of benzene rings is 1. The topological polar surface area (TPSA) is 52.6 Å². The lowest BCUT2D eigenvalue weighted by molar-refractivity contribution is -0.159. The van der Waals surface area contributed by atoms with E-state index in [1.54, 1.807) is 0 Å².